The highest BCUT2D eigenvalue weighted by atomic mass is 16.7. The molecular weight excluding hydrogens is 516 g/mol. The van der Waals surface area contributed by atoms with Gasteiger partial charge < -0.3 is 14.6 Å². The van der Waals surface area contributed by atoms with Gasteiger partial charge in [-0.05, 0) is 19.8 Å². The van der Waals surface area contributed by atoms with Gasteiger partial charge in [-0.15, -0.1) is 0 Å². The minimum atomic E-state index is -1.21. The van der Waals surface area contributed by atoms with E-state index in [1.807, 2.05) is 0 Å². The summed E-state index contributed by atoms with van der Waals surface area (Å²) in [5, 5.41) is 7.69. The van der Waals surface area contributed by atoms with E-state index in [1.54, 1.807) is 6.92 Å². The molecule has 0 heterocycles. The summed E-state index contributed by atoms with van der Waals surface area (Å²) >= 11 is 0. The van der Waals surface area contributed by atoms with Crippen LogP contribution in [0.1, 0.15) is 201 Å². The summed E-state index contributed by atoms with van der Waals surface area (Å²) in [7, 11) is 0. The number of carbonyl (C=O) groups excluding carboxylic acids is 2. The van der Waals surface area contributed by atoms with Crippen LogP contribution in [0.5, 0.6) is 0 Å². The molecule has 0 aromatic rings. The first-order chi connectivity index (χ1) is 20.0. The molecule has 0 aliphatic rings. The predicted molar refractivity (Wildman–Crippen MR) is 171 cm³/mol. The molecule has 0 unspecified atom stereocenters. The normalized spacial score (nSPS) is 10.6. The second-order valence-corrected chi connectivity index (χ2v) is 11.5. The van der Waals surface area contributed by atoms with E-state index in [-0.39, 0.29) is 18.5 Å². The van der Waals surface area contributed by atoms with Gasteiger partial charge in [-0.2, -0.15) is 0 Å². The molecule has 6 nitrogen and oxygen atoms in total. The van der Waals surface area contributed by atoms with Crippen molar-refractivity contribution in [2.75, 3.05) is 6.61 Å². The van der Waals surface area contributed by atoms with Crippen LogP contribution in [-0.2, 0) is 19.1 Å². The van der Waals surface area contributed by atoms with E-state index in [0.29, 0.717) is 12.8 Å². The van der Waals surface area contributed by atoms with Gasteiger partial charge in [-0.25, -0.2) is 4.79 Å². The molecular formula is C35H68O6. The number of unbranched alkanes of at least 4 members (excludes halogenated alkanes) is 24. The fraction of sp³-hybridized carbons (Fsp3) is 0.914. The highest BCUT2D eigenvalue weighted by Crippen LogP contribution is 2.15. The van der Waals surface area contributed by atoms with E-state index in [0.717, 1.165) is 25.7 Å². The first kappa shape index (κ1) is 41.5. The fourth-order valence-electron chi connectivity index (χ4n) is 4.93. The molecule has 0 fully saturated rings. The highest BCUT2D eigenvalue weighted by molar-refractivity contribution is 5.85. The summed E-state index contributed by atoms with van der Waals surface area (Å²) < 4.78 is 8.94. The first-order valence-corrected chi connectivity index (χ1v) is 17.6. The van der Waals surface area contributed by atoms with Crippen molar-refractivity contribution in [2.45, 2.75) is 201 Å². The number of carboxylic acid groups (broad SMARTS) is 1. The SMILES string of the molecule is CCCCCCCCCCCCCCCC(=O)OC(=O)CCCCCCCCCCCCCCC.CCOC(=O)O. The van der Waals surface area contributed by atoms with Crippen LogP contribution in [0.25, 0.3) is 0 Å². The molecule has 0 aromatic heterocycles. The zero-order chi connectivity index (χ0) is 30.7. The molecule has 0 aromatic carbocycles. The lowest BCUT2D eigenvalue weighted by Crippen LogP contribution is -2.11. The molecule has 0 atom stereocenters. The van der Waals surface area contributed by atoms with Crippen molar-refractivity contribution < 1.29 is 29.0 Å². The average Bonchev–Trinajstić information content (AvgIpc) is 2.94. The van der Waals surface area contributed by atoms with E-state index >= 15 is 0 Å². The van der Waals surface area contributed by atoms with Gasteiger partial charge in [0.15, 0.2) is 0 Å². The molecule has 0 saturated heterocycles. The van der Waals surface area contributed by atoms with E-state index in [1.165, 1.54) is 141 Å². The molecule has 0 amide bonds. The van der Waals surface area contributed by atoms with E-state index in [4.69, 9.17) is 9.84 Å². The lowest BCUT2D eigenvalue weighted by atomic mass is 10.0. The van der Waals surface area contributed by atoms with Gasteiger partial charge >= 0.3 is 18.1 Å². The van der Waals surface area contributed by atoms with E-state index < -0.39 is 6.16 Å². The standard InChI is InChI=1S/C32H62O3.C3H6O3/c1-3-5-7-9-11-13-15-17-19-21-23-25-27-29-31(33)35-32(34)30-28-26-24-22-20-18-16-14-12-10-8-6-4-2;1-2-6-3(4)5/h3-30H2,1-2H3;2H2,1H3,(H,4,5). The molecule has 1 N–H and O–H groups in total. The smallest absolute Gasteiger partial charge is 0.450 e. The number of rotatable bonds is 29. The van der Waals surface area contributed by atoms with Gasteiger partial charge in [0.2, 0.25) is 0 Å². The number of ether oxygens (including phenoxy) is 2. The summed E-state index contributed by atoms with van der Waals surface area (Å²) in [6, 6.07) is 0. The molecule has 0 rings (SSSR count). The molecule has 0 spiro atoms. The number of carbonyl (C=O) groups is 3. The Hall–Kier alpha value is -1.59. The molecule has 0 aliphatic carbocycles. The van der Waals surface area contributed by atoms with E-state index in [9.17, 15) is 14.4 Å². The maximum absolute atomic E-state index is 11.8. The maximum atomic E-state index is 11.8. The van der Waals surface area contributed by atoms with Crippen molar-refractivity contribution in [3.63, 3.8) is 0 Å². The van der Waals surface area contributed by atoms with Crippen molar-refractivity contribution in [3.05, 3.63) is 0 Å². The third-order valence-electron chi connectivity index (χ3n) is 7.46. The van der Waals surface area contributed by atoms with Gasteiger partial charge in [0.1, 0.15) is 0 Å². The van der Waals surface area contributed by atoms with Crippen LogP contribution in [0.4, 0.5) is 4.79 Å². The van der Waals surface area contributed by atoms with Crippen LogP contribution < -0.4 is 0 Å². The Labute approximate surface area is 254 Å². The van der Waals surface area contributed by atoms with E-state index in [2.05, 4.69) is 18.6 Å². The lowest BCUT2D eigenvalue weighted by Gasteiger charge is -2.05. The van der Waals surface area contributed by atoms with Crippen molar-refractivity contribution >= 4 is 18.1 Å². The zero-order valence-corrected chi connectivity index (χ0v) is 27.5. The van der Waals surface area contributed by atoms with Crippen molar-refractivity contribution in [3.8, 4) is 0 Å². The lowest BCUT2D eigenvalue weighted by molar-refractivity contribution is -0.159. The summed E-state index contributed by atoms with van der Waals surface area (Å²) in [5.41, 5.74) is 0. The Balaban J connectivity index is 0. The van der Waals surface area contributed by atoms with Gasteiger partial charge in [0, 0.05) is 12.8 Å². The number of hydrogen-bond acceptors (Lipinski definition) is 5. The Morgan fingerprint density at radius 3 is 0.854 bits per heavy atom. The first-order valence-electron chi connectivity index (χ1n) is 17.6. The van der Waals surface area contributed by atoms with Crippen LogP contribution in [-0.4, -0.2) is 29.8 Å². The minimum absolute atomic E-state index is 0.231. The van der Waals surface area contributed by atoms with Gasteiger partial charge in [-0.1, -0.05) is 168 Å². The van der Waals surface area contributed by atoms with Crippen molar-refractivity contribution in [1.29, 1.82) is 0 Å². The molecule has 0 radical (unpaired) electrons. The van der Waals surface area contributed by atoms with Gasteiger partial charge in [-0.3, -0.25) is 9.59 Å². The average molecular weight is 585 g/mol. The van der Waals surface area contributed by atoms with Crippen LogP contribution in [0.3, 0.4) is 0 Å². The fourth-order valence-corrected chi connectivity index (χ4v) is 4.93. The van der Waals surface area contributed by atoms with Crippen molar-refractivity contribution in [1.82, 2.24) is 0 Å². The van der Waals surface area contributed by atoms with Crippen LogP contribution in [0.15, 0.2) is 0 Å². The summed E-state index contributed by atoms with van der Waals surface area (Å²) in [5.74, 6) is -0.652. The van der Waals surface area contributed by atoms with Crippen LogP contribution in [0.2, 0.25) is 0 Å². The minimum Gasteiger partial charge on any atom is -0.450 e. The van der Waals surface area contributed by atoms with Gasteiger partial charge in [0.05, 0.1) is 6.61 Å². The summed E-state index contributed by atoms with van der Waals surface area (Å²) in [6.45, 7) is 6.39. The van der Waals surface area contributed by atoms with Crippen LogP contribution >= 0.6 is 0 Å². The second kappa shape index (κ2) is 36.4. The summed E-state index contributed by atoms with van der Waals surface area (Å²) in [4.78, 5) is 33.1. The Bertz CT molecular complexity index is 523. The topological polar surface area (TPSA) is 89.9 Å². The number of hydrogen-bond donors (Lipinski definition) is 1. The Morgan fingerprint density at radius 2 is 0.659 bits per heavy atom. The molecule has 6 heteroatoms. The predicted octanol–water partition coefficient (Wildman–Crippen LogP) is 11.7. The van der Waals surface area contributed by atoms with Crippen LogP contribution in [0, 0.1) is 0 Å². The Morgan fingerprint density at radius 1 is 0.415 bits per heavy atom. The number of esters is 2. The largest absolute Gasteiger partial charge is 0.505 e. The van der Waals surface area contributed by atoms with Gasteiger partial charge in [0.25, 0.3) is 0 Å². The third kappa shape index (κ3) is 40.6. The summed E-state index contributed by atoms with van der Waals surface area (Å²) in [6.07, 6.45) is 33.1. The van der Waals surface area contributed by atoms with Crippen molar-refractivity contribution in [2.24, 2.45) is 0 Å². The molecule has 244 valence electrons. The molecule has 0 saturated carbocycles. The zero-order valence-electron chi connectivity index (χ0n) is 27.5. The maximum Gasteiger partial charge on any atom is 0.505 e. The molecule has 0 bridgehead atoms. The highest BCUT2D eigenvalue weighted by Gasteiger charge is 2.09. The molecule has 0 aliphatic heterocycles. The second-order valence-electron chi connectivity index (χ2n) is 11.5. The molecule has 41 heavy (non-hydrogen) atoms. The third-order valence-corrected chi connectivity index (χ3v) is 7.46. The Kier molecular flexibility index (Phi) is 36.9. The monoisotopic (exact) mass is 585 g/mol. The quantitative estimate of drug-likeness (QED) is 0.0534.